The molecule has 32 heavy (non-hydrogen) atoms. The Kier molecular flexibility index (Phi) is 4.29. The smallest absolute Gasteiger partial charge is 0.201 e. The summed E-state index contributed by atoms with van der Waals surface area (Å²) in [6, 6.07) is 37.5. The highest BCUT2D eigenvalue weighted by Gasteiger charge is 2.27. The third-order valence-corrected chi connectivity index (χ3v) is 6.65. The van der Waals surface area contributed by atoms with Gasteiger partial charge in [-0.3, -0.25) is 0 Å². The van der Waals surface area contributed by atoms with Gasteiger partial charge in [0.05, 0.1) is 5.56 Å². The molecular formula is C31H24N+. The molecular weight excluding hydrogens is 386 g/mol. The number of fused-ring (bicyclic) bond motifs is 8. The van der Waals surface area contributed by atoms with E-state index in [1.165, 1.54) is 61.3 Å². The summed E-state index contributed by atoms with van der Waals surface area (Å²) in [6.07, 6.45) is 2.13. The number of hydrogen-bond acceptors (Lipinski definition) is 0. The molecule has 1 aromatic heterocycles. The van der Waals surface area contributed by atoms with Crippen LogP contribution < -0.4 is 4.57 Å². The molecule has 0 amide bonds. The highest BCUT2D eigenvalue weighted by atomic mass is 14.9. The predicted molar refractivity (Wildman–Crippen MR) is 133 cm³/mol. The van der Waals surface area contributed by atoms with E-state index in [1.807, 2.05) is 0 Å². The van der Waals surface area contributed by atoms with Crippen molar-refractivity contribution >= 4 is 0 Å². The molecule has 0 aliphatic heterocycles. The minimum absolute atomic E-state index is 1.22. The lowest BCUT2D eigenvalue weighted by atomic mass is 9.78. The van der Waals surface area contributed by atoms with E-state index in [2.05, 4.69) is 128 Å². The Morgan fingerprint density at radius 2 is 0.906 bits per heavy atom. The minimum Gasteiger partial charge on any atom is -0.201 e. The summed E-state index contributed by atoms with van der Waals surface area (Å²) < 4.78 is 2.23. The lowest BCUT2D eigenvalue weighted by molar-refractivity contribution is -0.660. The topological polar surface area (TPSA) is 3.88 Å². The number of rotatable bonds is 1. The van der Waals surface area contributed by atoms with Crippen molar-refractivity contribution in [2.45, 2.75) is 6.92 Å². The van der Waals surface area contributed by atoms with Crippen molar-refractivity contribution in [2.24, 2.45) is 7.05 Å². The molecule has 1 nitrogen and oxygen atoms in total. The van der Waals surface area contributed by atoms with Crippen molar-refractivity contribution < 1.29 is 4.57 Å². The average molecular weight is 411 g/mol. The number of pyridine rings is 1. The van der Waals surface area contributed by atoms with Gasteiger partial charge in [0.25, 0.3) is 0 Å². The molecule has 0 N–H and O–H groups in total. The molecule has 6 rings (SSSR count). The number of aromatic nitrogens is 1. The third-order valence-electron chi connectivity index (χ3n) is 6.65. The van der Waals surface area contributed by atoms with E-state index < -0.39 is 0 Å². The van der Waals surface area contributed by atoms with Crippen molar-refractivity contribution in [2.75, 3.05) is 0 Å². The molecule has 0 saturated heterocycles. The molecule has 0 atom stereocenters. The second-order valence-corrected chi connectivity index (χ2v) is 8.51. The van der Waals surface area contributed by atoms with Gasteiger partial charge < -0.3 is 0 Å². The Hall–Kier alpha value is -3.97. The van der Waals surface area contributed by atoms with Crippen LogP contribution in [-0.2, 0) is 7.05 Å². The first kappa shape index (κ1) is 18.8. The first-order valence-electron chi connectivity index (χ1n) is 11.1. The number of benzene rings is 4. The summed E-state index contributed by atoms with van der Waals surface area (Å²) >= 11 is 0. The summed E-state index contributed by atoms with van der Waals surface area (Å²) in [5, 5.41) is 0. The second kappa shape index (κ2) is 7.32. The molecule has 0 unspecified atom stereocenters. The zero-order valence-corrected chi connectivity index (χ0v) is 18.3. The fourth-order valence-electron chi connectivity index (χ4n) is 5.17. The van der Waals surface area contributed by atoms with Crippen LogP contribution in [0.3, 0.4) is 0 Å². The van der Waals surface area contributed by atoms with Gasteiger partial charge in [0, 0.05) is 17.7 Å². The van der Waals surface area contributed by atoms with Gasteiger partial charge in [-0.25, -0.2) is 4.57 Å². The predicted octanol–water partition coefficient (Wildman–Crippen LogP) is 7.47. The second-order valence-electron chi connectivity index (χ2n) is 8.51. The van der Waals surface area contributed by atoms with E-state index in [0.29, 0.717) is 0 Å². The molecule has 0 radical (unpaired) electrons. The Balaban J connectivity index is 1.84. The number of nitrogens with zero attached hydrogens (tertiary/aromatic N) is 1. The van der Waals surface area contributed by atoms with Crippen LogP contribution in [0.1, 0.15) is 5.56 Å². The van der Waals surface area contributed by atoms with Crippen LogP contribution in [0.15, 0.2) is 109 Å². The molecule has 1 heterocycles. The number of aryl methyl sites for hydroxylation is 2. The summed E-state index contributed by atoms with van der Waals surface area (Å²) in [5.41, 5.74) is 14.1. The van der Waals surface area contributed by atoms with E-state index in [4.69, 9.17) is 0 Å². The maximum absolute atomic E-state index is 2.31. The quantitative estimate of drug-likeness (QED) is 0.248. The molecule has 1 aliphatic rings. The van der Waals surface area contributed by atoms with Gasteiger partial charge in [-0.1, -0.05) is 84.9 Å². The normalized spacial score (nSPS) is 11.4. The van der Waals surface area contributed by atoms with Gasteiger partial charge in [-0.2, -0.15) is 0 Å². The van der Waals surface area contributed by atoms with Crippen LogP contribution in [0.25, 0.3) is 55.8 Å². The molecule has 1 heteroatoms. The van der Waals surface area contributed by atoms with Gasteiger partial charge in [-0.05, 0) is 57.5 Å². The largest absolute Gasteiger partial charge is 0.213 e. The average Bonchev–Trinajstić information content (AvgIpc) is 2.84. The maximum atomic E-state index is 2.31. The Morgan fingerprint density at radius 3 is 1.47 bits per heavy atom. The monoisotopic (exact) mass is 410 g/mol. The molecule has 152 valence electrons. The first-order valence-corrected chi connectivity index (χ1v) is 11.1. The van der Waals surface area contributed by atoms with Gasteiger partial charge >= 0.3 is 0 Å². The Morgan fingerprint density at radius 1 is 0.438 bits per heavy atom. The molecule has 0 bridgehead atoms. The fraction of sp³-hybridized carbons (Fsp3) is 0.0645. The van der Waals surface area contributed by atoms with Crippen molar-refractivity contribution in [1.82, 2.24) is 0 Å². The molecule has 1 aliphatic carbocycles. The Labute approximate surface area is 189 Å². The fourth-order valence-corrected chi connectivity index (χ4v) is 5.17. The lowest BCUT2D eigenvalue weighted by Crippen LogP contribution is -2.30. The van der Waals surface area contributed by atoms with Crippen LogP contribution in [0.2, 0.25) is 0 Å². The van der Waals surface area contributed by atoms with Gasteiger partial charge in [0.2, 0.25) is 5.69 Å². The van der Waals surface area contributed by atoms with E-state index in [0.717, 1.165) is 0 Å². The van der Waals surface area contributed by atoms with Crippen molar-refractivity contribution in [1.29, 1.82) is 0 Å². The first-order chi connectivity index (χ1) is 15.7. The van der Waals surface area contributed by atoms with E-state index >= 15 is 0 Å². The molecule has 4 aromatic carbocycles. The van der Waals surface area contributed by atoms with Crippen molar-refractivity contribution in [3.63, 3.8) is 0 Å². The van der Waals surface area contributed by atoms with Gasteiger partial charge in [0.1, 0.15) is 7.05 Å². The highest BCUT2D eigenvalue weighted by molar-refractivity contribution is 6.06. The van der Waals surface area contributed by atoms with Crippen molar-refractivity contribution in [3.05, 3.63) is 115 Å². The zero-order valence-electron chi connectivity index (χ0n) is 18.3. The Bertz CT molecular complexity index is 1490. The van der Waals surface area contributed by atoms with Crippen LogP contribution >= 0.6 is 0 Å². The summed E-state index contributed by atoms with van der Waals surface area (Å²) in [4.78, 5) is 0. The number of hydrogen-bond donors (Lipinski definition) is 0. The molecule has 0 spiro atoms. The minimum atomic E-state index is 1.22. The lowest BCUT2D eigenvalue weighted by Gasteiger charge is -2.25. The van der Waals surface area contributed by atoms with Crippen LogP contribution in [0.5, 0.6) is 0 Å². The van der Waals surface area contributed by atoms with Crippen LogP contribution in [-0.4, -0.2) is 0 Å². The third kappa shape index (κ3) is 2.75. The van der Waals surface area contributed by atoms with Crippen LogP contribution in [0.4, 0.5) is 0 Å². The van der Waals surface area contributed by atoms with Gasteiger partial charge in [0.15, 0.2) is 6.20 Å². The van der Waals surface area contributed by atoms with Crippen molar-refractivity contribution in [3.8, 4) is 55.8 Å². The molecule has 0 fully saturated rings. The van der Waals surface area contributed by atoms with E-state index in [1.54, 1.807) is 0 Å². The molecule has 0 saturated carbocycles. The SMILES string of the molecule is Cc1ccc2c(c1-c1cccc[n+]1C)-c1ccccc1-c1ccccc1-c1ccccc1-2. The molecule has 5 aromatic rings. The maximum Gasteiger partial charge on any atom is 0.213 e. The van der Waals surface area contributed by atoms with E-state index in [9.17, 15) is 0 Å². The summed E-state index contributed by atoms with van der Waals surface area (Å²) in [6.45, 7) is 2.23. The van der Waals surface area contributed by atoms with Crippen LogP contribution in [0, 0.1) is 6.92 Å². The standard InChI is InChI=1S/C31H24N/c1-21-18-19-28-26-15-6-5-13-24(26)22-11-3-4-12-23(22)25-14-7-8-16-27(25)31(28)30(21)29-17-9-10-20-32(29)2/h3-20H,1-2H3/q+1. The van der Waals surface area contributed by atoms with E-state index in [-0.39, 0.29) is 0 Å². The van der Waals surface area contributed by atoms with Gasteiger partial charge in [-0.15, -0.1) is 0 Å². The highest BCUT2D eigenvalue weighted by Crippen LogP contribution is 2.50. The zero-order chi connectivity index (χ0) is 21.7. The summed E-state index contributed by atoms with van der Waals surface area (Å²) in [5.74, 6) is 0. The summed E-state index contributed by atoms with van der Waals surface area (Å²) in [7, 11) is 2.13.